The molecule has 1 saturated carbocycles. The van der Waals surface area contributed by atoms with Gasteiger partial charge < -0.3 is 5.32 Å². The lowest BCUT2D eigenvalue weighted by atomic mass is 10.0. The van der Waals surface area contributed by atoms with Crippen molar-refractivity contribution in [3.8, 4) is 6.07 Å². The van der Waals surface area contributed by atoms with E-state index >= 15 is 0 Å². The number of sulfonamides is 1. The maximum Gasteiger partial charge on any atom is 0.263 e. The summed E-state index contributed by atoms with van der Waals surface area (Å²) in [5.74, 6) is 0.0210. The summed E-state index contributed by atoms with van der Waals surface area (Å²) < 4.78 is 26.8. The van der Waals surface area contributed by atoms with Crippen molar-refractivity contribution in [2.24, 2.45) is 10.9 Å². The van der Waals surface area contributed by atoms with E-state index in [1.54, 1.807) is 18.2 Å². The Morgan fingerprint density at radius 3 is 2.68 bits per heavy atom. The smallest absolute Gasteiger partial charge is 0.263 e. The van der Waals surface area contributed by atoms with Gasteiger partial charge in [0.2, 0.25) is 5.91 Å². The Bertz CT molecular complexity index is 879. The molecule has 0 radical (unpaired) electrons. The minimum Gasteiger partial charge on any atom is -0.336 e. The number of rotatable bonds is 5. The van der Waals surface area contributed by atoms with Crippen LogP contribution in [0.5, 0.6) is 0 Å². The zero-order valence-corrected chi connectivity index (χ0v) is 14.9. The average Bonchev–Trinajstić information content (AvgIpc) is 3.27. The van der Waals surface area contributed by atoms with Gasteiger partial charge in [0.25, 0.3) is 10.0 Å². The van der Waals surface area contributed by atoms with Crippen molar-refractivity contribution >= 4 is 21.8 Å². The zero-order valence-electron chi connectivity index (χ0n) is 14.1. The molecular formula is C17H20N4O3S. The second kappa shape index (κ2) is 6.15. The van der Waals surface area contributed by atoms with Crippen LogP contribution in [0.25, 0.3) is 0 Å². The third kappa shape index (κ3) is 3.51. The standard InChI is InChI=1S/C17H20N4O3S/c1-11(2)9-13(16(22)20-17(10-18)7-8-17)19-15-12-5-3-4-6-14(12)25(23,24)21-15/h3-6,11,13H,7-9H2,1-2H3,(H,19,21)(H,20,22)/t13-/m0/s1. The lowest BCUT2D eigenvalue weighted by Crippen LogP contribution is -2.43. The van der Waals surface area contributed by atoms with E-state index in [9.17, 15) is 13.2 Å². The number of amides is 1. The van der Waals surface area contributed by atoms with Crippen molar-refractivity contribution in [3.05, 3.63) is 29.8 Å². The molecule has 3 rings (SSSR count). The average molecular weight is 360 g/mol. The molecule has 1 aliphatic carbocycles. The number of nitriles is 1. The summed E-state index contributed by atoms with van der Waals surface area (Å²) in [5, 5.41) is 11.9. The Balaban J connectivity index is 1.92. The molecule has 0 saturated heterocycles. The Kier molecular flexibility index (Phi) is 4.29. The van der Waals surface area contributed by atoms with Crippen LogP contribution < -0.4 is 10.0 Å². The highest BCUT2D eigenvalue weighted by Gasteiger charge is 2.45. The molecule has 25 heavy (non-hydrogen) atoms. The molecule has 0 aromatic heterocycles. The van der Waals surface area contributed by atoms with E-state index in [1.165, 1.54) is 6.07 Å². The highest BCUT2D eigenvalue weighted by molar-refractivity contribution is 7.90. The normalized spacial score (nSPS) is 21.9. The van der Waals surface area contributed by atoms with E-state index in [0.29, 0.717) is 24.8 Å². The third-order valence-electron chi connectivity index (χ3n) is 4.27. The number of nitrogens with one attached hydrogen (secondary N) is 2. The Hall–Kier alpha value is -2.40. The first-order valence-corrected chi connectivity index (χ1v) is 9.68. The molecule has 132 valence electrons. The van der Waals surface area contributed by atoms with E-state index in [-0.39, 0.29) is 22.6 Å². The van der Waals surface area contributed by atoms with Gasteiger partial charge >= 0.3 is 0 Å². The zero-order chi connectivity index (χ0) is 18.2. The fourth-order valence-electron chi connectivity index (χ4n) is 2.76. The quantitative estimate of drug-likeness (QED) is 0.824. The van der Waals surface area contributed by atoms with Crippen LogP contribution in [0, 0.1) is 17.2 Å². The molecule has 2 aliphatic rings. The van der Waals surface area contributed by atoms with Crippen LogP contribution in [-0.2, 0) is 14.8 Å². The summed E-state index contributed by atoms with van der Waals surface area (Å²) in [6, 6.07) is 7.90. The van der Waals surface area contributed by atoms with Gasteiger partial charge in [0, 0.05) is 5.56 Å². The molecule has 2 N–H and O–H groups in total. The minimum absolute atomic E-state index is 0.160. The predicted molar refractivity (Wildman–Crippen MR) is 92.3 cm³/mol. The van der Waals surface area contributed by atoms with Crippen LogP contribution in [0.1, 0.15) is 38.7 Å². The first-order valence-electron chi connectivity index (χ1n) is 8.20. The number of nitrogens with zero attached hydrogens (tertiary/aromatic N) is 2. The van der Waals surface area contributed by atoms with E-state index in [4.69, 9.17) is 5.26 Å². The van der Waals surface area contributed by atoms with E-state index < -0.39 is 21.6 Å². The Morgan fingerprint density at radius 1 is 1.40 bits per heavy atom. The van der Waals surface area contributed by atoms with Crippen molar-refractivity contribution in [3.63, 3.8) is 0 Å². The number of amidine groups is 1. The van der Waals surface area contributed by atoms with Crippen LogP contribution in [0.2, 0.25) is 0 Å². The molecule has 1 fully saturated rings. The molecule has 1 amide bonds. The Morgan fingerprint density at radius 2 is 2.08 bits per heavy atom. The minimum atomic E-state index is -3.65. The maximum absolute atomic E-state index is 12.6. The summed E-state index contributed by atoms with van der Waals surface area (Å²) in [4.78, 5) is 17.2. The van der Waals surface area contributed by atoms with Crippen molar-refractivity contribution in [1.29, 1.82) is 5.26 Å². The molecule has 0 spiro atoms. The highest BCUT2D eigenvalue weighted by atomic mass is 32.2. The molecule has 0 bridgehead atoms. The SMILES string of the molecule is CC(C)C[C@H](N=C1NS(=O)(=O)c2ccccc21)C(=O)NC1(C#N)CC1. The number of hydrogen-bond donors (Lipinski definition) is 2. The summed E-state index contributed by atoms with van der Waals surface area (Å²) in [6.07, 6.45) is 1.73. The lowest BCUT2D eigenvalue weighted by molar-refractivity contribution is -0.123. The predicted octanol–water partition coefficient (Wildman–Crippen LogP) is 1.31. The number of carbonyl (C=O) groups excluding carboxylic acids is 1. The van der Waals surface area contributed by atoms with Crippen molar-refractivity contribution < 1.29 is 13.2 Å². The first kappa shape index (κ1) is 17.4. The fourth-order valence-corrected chi connectivity index (χ4v) is 4.00. The van der Waals surface area contributed by atoms with Gasteiger partial charge in [-0.05, 0) is 37.3 Å². The molecule has 0 unspecified atom stereocenters. The van der Waals surface area contributed by atoms with Gasteiger partial charge in [0.1, 0.15) is 17.4 Å². The molecule has 1 aliphatic heterocycles. The van der Waals surface area contributed by atoms with Gasteiger partial charge in [-0.15, -0.1) is 0 Å². The topological polar surface area (TPSA) is 111 Å². The summed E-state index contributed by atoms with van der Waals surface area (Å²) in [7, 11) is -3.65. The molecule has 1 heterocycles. The summed E-state index contributed by atoms with van der Waals surface area (Å²) in [6.45, 7) is 3.93. The number of carbonyl (C=O) groups is 1. The van der Waals surface area contributed by atoms with Crippen LogP contribution in [0.4, 0.5) is 0 Å². The van der Waals surface area contributed by atoms with E-state index in [2.05, 4.69) is 21.1 Å². The van der Waals surface area contributed by atoms with Crippen LogP contribution in [0.15, 0.2) is 34.2 Å². The summed E-state index contributed by atoms with van der Waals surface area (Å²) in [5.41, 5.74) is -0.315. The first-order chi connectivity index (χ1) is 11.8. The number of aliphatic imine (C=N–C) groups is 1. The third-order valence-corrected chi connectivity index (χ3v) is 5.67. The Labute approximate surface area is 147 Å². The van der Waals surface area contributed by atoms with Crippen LogP contribution in [-0.4, -0.2) is 31.7 Å². The highest BCUT2D eigenvalue weighted by Crippen LogP contribution is 2.34. The van der Waals surface area contributed by atoms with Crippen molar-refractivity contribution in [2.45, 2.75) is 49.6 Å². The van der Waals surface area contributed by atoms with Crippen molar-refractivity contribution in [1.82, 2.24) is 10.0 Å². The lowest BCUT2D eigenvalue weighted by Gasteiger charge is -2.18. The van der Waals surface area contributed by atoms with Gasteiger partial charge in [0.05, 0.1) is 11.0 Å². The molecular weight excluding hydrogens is 340 g/mol. The van der Waals surface area contributed by atoms with Gasteiger partial charge in [-0.3, -0.25) is 14.5 Å². The fraction of sp³-hybridized carbons (Fsp3) is 0.471. The molecule has 1 atom stereocenters. The van der Waals surface area contributed by atoms with Crippen LogP contribution in [0.3, 0.4) is 0 Å². The van der Waals surface area contributed by atoms with Gasteiger partial charge in [-0.2, -0.15) is 5.26 Å². The van der Waals surface area contributed by atoms with E-state index in [1.807, 2.05) is 13.8 Å². The largest absolute Gasteiger partial charge is 0.336 e. The van der Waals surface area contributed by atoms with E-state index in [0.717, 1.165) is 0 Å². The number of hydrogen-bond acceptors (Lipinski definition) is 5. The monoisotopic (exact) mass is 360 g/mol. The van der Waals surface area contributed by atoms with Crippen LogP contribution >= 0.6 is 0 Å². The second-order valence-electron chi connectivity index (χ2n) is 6.91. The van der Waals surface area contributed by atoms with Crippen molar-refractivity contribution in [2.75, 3.05) is 0 Å². The van der Waals surface area contributed by atoms with Gasteiger partial charge in [-0.1, -0.05) is 26.0 Å². The number of benzene rings is 1. The summed E-state index contributed by atoms with van der Waals surface area (Å²) >= 11 is 0. The molecule has 7 nitrogen and oxygen atoms in total. The molecule has 8 heteroatoms. The van der Waals surface area contributed by atoms with Gasteiger partial charge in [-0.25, -0.2) is 8.42 Å². The molecule has 1 aromatic carbocycles. The maximum atomic E-state index is 12.6. The van der Waals surface area contributed by atoms with Gasteiger partial charge in [0.15, 0.2) is 0 Å². The second-order valence-corrected chi connectivity index (χ2v) is 8.56. The number of fused-ring (bicyclic) bond motifs is 1. The molecule has 1 aromatic rings.